The molecule has 3 heteroatoms. The number of hydrogen-bond acceptors (Lipinski definition) is 3. The predicted octanol–water partition coefficient (Wildman–Crippen LogP) is 3.80. The first-order valence-corrected chi connectivity index (χ1v) is 6.88. The van der Waals surface area contributed by atoms with Gasteiger partial charge in [-0.15, -0.1) is 11.3 Å². The van der Waals surface area contributed by atoms with E-state index in [0.717, 1.165) is 5.92 Å². The molecule has 1 aliphatic rings. The van der Waals surface area contributed by atoms with Crippen molar-refractivity contribution < 1.29 is 0 Å². The van der Waals surface area contributed by atoms with Crippen molar-refractivity contribution in [2.45, 2.75) is 51.4 Å². The van der Waals surface area contributed by atoms with Crippen LogP contribution in [0.5, 0.6) is 0 Å². The lowest BCUT2D eigenvalue weighted by atomic mass is 9.80. The van der Waals surface area contributed by atoms with E-state index in [9.17, 15) is 0 Å². The van der Waals surface area contributed by atoms with Gasteiger partial charge in [-0.3, -0.25) is 0 Å². The fraction of sp³-hybridized carbons (Fsp3) is 0.750. The molecule has 1 saturated carbocycles. The summed E-state index contributed by atoms with van der Waals surface area (Å²) in [7, 11) is 0. The van der Waals surface area contributed by atoms with Crippen LogP contribution in [0.4, 0.5) is 5.82 Å². The van der Waals surface area contributed by atoms with Gasteiger partial charge in [-0.05, 0) is 31.6 Å². The zero-order valence-corrected chi connectivity index (χ0v) is 10.2. The fourth-order valence-corrected chi connectivity index (χ4v) is 3.47. The first-order chi connectivity index (χ1) is 7.29. The van der Waals surface area contributed by atoms with E-state index in [4.69, 9.17) is 5.73 Å². The number of rotatable bonds is 3. The van der Waals surface area contributed by atoms with Crippen LogP contribution >= 0.6 is 11.3 Å². The van der Waals surface area contributed by atoms with E-state index in [0.29, 0.717) is 11.7 Å². The number of nitrogens with two attached hydrogens (primary N) is 1. The highest BCUT2D eigenvalue weighted by Crippen LogP contribution is 2.38. The van der Waals surface area contributed by atoms with Crippen molar-refractivity contribution in [3.8, 4) is 0 Å². The summed E-state index contributed by atoms with van der Waals surface area (Å²) in [5.41, 5.74) is 5.66. The summed E-state index contributed by atoms with van der Waals surface area (Å²) in [4.78, 5) is 4.40. The maximum Gasteiger partial charge on any atom is 0.134 e. The number of nitrogen functional groups attached to an aromatic ring is 1. The van der Waals surface area contributed by atoms with Crippen LogP contribution < -0.4 is 5.73 Å². The molecule has 2 rings (SSSR count). The normalized spacial score (nSPS) is 26.7. The van der Waals surface area contributed by atoms with Crippen LogP contribution in [-0.2, 0) is 0 Å². The van der Waals surface area contributed by atoms with E-state index < -0.39 is 0 Å². The van der Waals surface area contributed by atoms with Gasteiger partial charge >= 0.3 is 0 Å². The Morgan fingerprint density at radius 1 is 1.40 bits per heavy atom. The van der Waals surface area contributed by atoms with Crippen LogP contribution in [0.25, 0.3) is 0 Å². The average molecular weight is 224 g/mol. The maximum atomic E-state index is 5.66. The summed E-state index contributed by atoms with van der Waals surface area (Å²) in [6.07, 6.45) is 8.15. The lowest BCUT2D eigenvalue weighted by Crippen LogP contribution is -2.13. The van der Waals surface area contributed by atoms with Gasteiger partial charge in [-0.25, -0.2) is 4.98 Å². The van der Waals surface area contributed by atoms with Crippen LogP contribution in [0, 0.1) is 5.92 Å². The van der Waals surface area contributed by atoms with Crippen molar-refractivity contribution in [1.29, 1.82) is 0 Å². The minimum atomic E-state index is 0.695. The van der Waals surface area contributed by atoms with E-state index in [1.165, 1.54) is 43.5 Å². The standard InChI is InChI=1S/C12H20N2S/c1-2-3-9-4-6-10(7-5-9)12-14-11(13)8-15-12/h8-10H,2-7,13H2,1H3. The Morgan fingerprint density at radius 3 is 2.67 bits per heavy atom. The van der Waals surface area contributed by atoms with Gasteiger partial charge < -0.3 is 5.73 Å². The molecule has 0 aliphatic heterocycles. The molecule has 1 fully saturated rings. The van der Waals surface area contributed by atoms with Gasteiger partial charge in [0.05, 0.1) is 5.01 Å². The molecule has 1 aliphatic carbocycles. The Bertz CT molecular complexity index is 300. The molecule has 1 aromatic rings. The zero-order chi connectivity index (χ0) is 10.7. The molecule has 1 aromatic heterocycles. The highest BCUT2D eigenvalue weighted by Gasteiger charge is 2.23. The van der Waals surface area contributed by atoms with E-state index in [1.807, 2.05) is 5.38 Å². The van der Waals surface area contributed by atoms with Crippen molar-refractivity contribution in [1.82, 2.24) is 4.98 Å². The highest BCUT2D eigenvalue weighted by atomic mass is 32.1. The molecule has 0 amide bonds. The van der Waals surface area contributed by atoms with Crippen molar-refractivity contribution in [3.05, 3.63) is 10.4 Å². The van der Waals surface area contributed by atoms with Gasteiger partial charge in [0.15, 0.2) is 0 Å². The van der Waals surface area contributed by atoms with Gasteiger partial charge in [0, 0.05) is 11.3 Å². The van der Waals surface area contributed by atoms with Gasteiger partial charge in [0.1, 0.15) is 5.82 Å². The summed E-state index contributed by atoms with van der Waals surface area (Å²) >= 11 is 1.73. The summed E-state index contributed by atoms with van der Waals surface area (Å²) < 4.78 is 0. The Morgan fingerprint density at radius 2 is 2.13 bits per heavy atom. The Kier molecular flexibility index (Phi) is 3.62. The third-order valence-electron chi connectivity index (χ3n) is 3.43. The van der Waals surface area contributed by atoms with Gasteiger partial charge in [0.25, 0.3) is 0 Å². The molecule has 84 valence electrons. The molecule has 0 aromatic carbocycles. The Balaban J connectivity index is 1.88. The fourth-order valence-electron chi connectivity index (χ4n) is 2.59. The monoisotopic (exact) mass is 224 g/mol. The summed E-state index contributed by atoms with van der Waals surface area (Å²) in [5.74, 6) is 2.37. The summed E-state index contributed by atoms with van der Waals surface area (Å²) in [5, 5.41) is 3.23. The molecule has 0 atom stereocenters. The largest absolute Gasteiger partial charge is 0.383 e. The first-order valence-electron chi connectivity index (χ1n) is 6.00. The zero-order valence-electron chi connectivity index (χ0n) is 9.41. The minimum Gasteiger partial charge on any atom is -0.383 e. The molecule has 0 spiro atoms. The van der Waals surface area contributed by atoms with Crippen molar-refractivity contribution in [2.24, 2.45) is 5.92 Å². The molecule has 15 heavy (non-hydrogen) atoms. The first kappa shape index (κ1) is 10.9. The molecule has 0 bridgehead atoms. The lowest BCUT2D eigenvalue weighted by molar-refractivity contribution is 0.308. The third-order valence-corrected chi connectivity index (χ3v) is 4.46. The minimum absolute atomic E-state index is 0.695. The average Bonchev–Trinajstić information content (AvgIpc) is 2.67. The second kappa shape index (κ2) is 4.97. The van der Waals surface area contributed by atoms with Crippen molar-refractivity contribution in [3.63, 3.8) is 0 Å². The van der Waals surface area contributed by atoms with Gasteiger partial charge in [-0.2, -0.15) is 0 Å². The number of hydrogen-bond donors (Lipinski definition) is 1. The second-order valence-corrected chi connectivity index (χ2v) is 5.51. The van der Waals surface area contributed by atoms with E-state index >= 15 is 0 Å². The molecule has 0 unspecified atom stereocenters. The van der Waals surface area contributed by atoms with E-state index in [1.54, 1.807) is 11.3 Å². The summed E-state index contributed by atoms with van der Waals surface area (Å²) in [6, 6.07) is 0. The SMILES string of the molecule is CCCC1CCC(c2nc(N)cs2)CC1. The van der Waals surface area contributed by atoms with Crippen LogP contribution in [0.3, 0.4) is 0 Å². The smallest absolute Gasteiger partial charge is 0.134 e. The van der Waals surface area contributed by atoms with Gasteiger partial charge in [-0.1, -0.05) is 19.8 Å². The number of anilines is 1. The highest BCUT2D eigenvalue weighted by molar-refractivity contribution is 7.10. The molecular weight excluding hydrogens is 204 g/mol. The molecule has 2 nitrogen and oxygen atoms in total. The topological polar surface area (TPSA) is 38.9 Å². The van der Waals surface area contributed by atoms with Gasteiger partial charge in [0.2, 0.25) is 0 Å². The van der Waals surface area contributed by atoms with Crippen LogP contribution in [0.2, 0.25) is 0 Å². The molecule has 2 N–H and O–H groups in total. The molecule has 1 heterocycles. The maximum absolute atomic E-state index is 5.66. The van der Waals surface area contributed by atoms with Crippen molar-refractivity contribution in [2.75, 3.05) is 5.73 Å². The van der Waals surface area contributed by atoms with Crippen LogP contribution in [-0.4, -0.2) is 4.98 Å². The van der Waals surface area contributed by atoms with Crippen LogP contribution in [0.1, 0.15) is 56.4 Å². The Labute approximate surface area is 95.9 Å². The third kappa shape index (κ3) is 2.71. The number of aromatic nitrogens is 1. The second-order valence-electron chi connectivity index (χ2n) is 4.62. The molecule has 0 saturated heterocycles. The lowest BCUT2D eigenvalue weighted by Gasteiger charge is -2.26. The molecule has 0 radical (unpaired) electrons. The Hall–Kier alpha value is -0.570. The van der Waals surface area contributed by atoms with E-state index in [-0.39, 0.29) is 0 Å². The quantitative estimate of drug-likeness (QED) is 0.848. The number of thiazole rings is 1. The van der Waals surface area contributed by atoms with Crippen LogP contribution in [0.15, 0.2) is 5.38 Å². The number of nitrogens with zero attached hydrogens (tertiary/aromatic N) is 1. The molecular formula is C12H20N2S. The predicted molar refractivity (Wildman–Crippen MR) is 66.1 cm³/mol. The summed E-state index contributed by atoms with van der Waals surface area (Å²) in [6.45, 7) is 2.29. The van der Waals surface area contributed by atoms with Crippen molar-refractivity contribution >= 4 is 17.2 Å². The van der Waals surface area contributed by atoms with E-state index in [2.05, 4.69) is 11.9 Å².